The number of Topliss-reactive ketones (excluding diaryl/α,β-unsaturated/α-hetero) is 1. The van der Waals surface area contributed by atoms with Gasteiger partial charge in [0.05, 0.1) is 6.42 Å². The lowest BCUT2D eigenvalue weighted by molar-refractivity contribution is -0.123. The lowest BCUT2D eigenvalue weighted by atomic mass is 9.78. The van der Waals surface area contributed by atoms with Gasteiger partial charge in [-0.3, -0.25) is 4.79 Å². The maximum Gasteiger partial charge on any atom is 0.143 e. The van der Waals surface area contributed by atoms with Gasteiger partial charge in [0.15, 0.2) is 0 Å². The summed E-state index contributed by atoms with van der Waals surface area (Å²) in [5.41, 5.74) is 0. The van der Waals surface area contributed by atoms with Gasteiger partial charge < -0.3 is 4.57 Å². The third-order valence-electron chi connectivity index (χ3n) is 4.35. The van der Waals surface area contributed by atoms with E-state index < -0.39 is 0 Å². The van der Waals surface area contributed by atoms with Crippen molar-refractivity contribution in [2.75, 3.05) is 0 Å². The quantitative estimate of drug-likeness (QED) is 0.802. The summed E-state index contributed by atoms with van der Waals surface area (Å²) in [6, 6.07) is 0. The summed E-state index contributed by atoms with van der Waals surface area (Å²) in [5, 5.41) is 0. The molecule has 0 bridgehead atoms. The van der Waals surface area contributed by atoms with Crippen LogP contribution in [0.1, 0.15) is 51.8 Å². The molecule has 1 aliphatic rings. The highest BCUT2D eigenvalue weighted by Gasteiger charge is 2.26. The van der Waals surface area contributed by atoms with Gasteiger partial charge in [-0.2, -0.15) is 0 Å². The Hall–Kier alpha value is -1.12. The zero-order chi connectivity index (χ0) is 13.0. The second-order valence-electron chi connectivity index (χ2n) is 5.40. The van der Waals surface area contributed by atoms with Crippen molar-refractivity contribution in [3.05, 3.63) is 18.2 Å². The lowest BCUT2D eigenvalue weighted by Crippen LogP contribution is -2.24. The van der Waals surface area contributed by atoms with Crippen molar-refractivity contribution in [2.24, 2.45) is 11.8 Å². The summed E-state index contributed by atoms with van der Waals surface area (Å²) < 4.78 is 2.07. The fraction of sp³-hybridized carbons (Fsp3) is 0.733. The van der Waals surface area contributed by atoms with E-state index in [1.54, 1.807) is 6.20 Å². The first-order valence-electron chi connectivity index (χ1n) is 7.27. The Kier molecular flexibility index (Phi) is 4.56. The minimum atomic E-state index is 0.287. The smallest absolute Gasteiger partial charge is 0.143 e. The molecule has 2 rings (SSSR count). The third kappa shape index (κ3) is 3.01. The number of ketones is 1. The van der Waals surface area contributed by atoms with Crippen LogP contribution in [-0.2, 0) is 17.8 Å². The van der Waals surface area contributed by atoms with Crippen LogP contribution in [0.5, 0.6) is 0 Å². The molecule has 18 heavy (non-hydrogen) atoms. The summed E-state index contributed by atoms with van der Waals surface area (Å²) in [5.74, 6) is 2.46. The van der Waals surface area contributed by atoms with E-state index in [2.05, 4.69) is 23.4 Å². The molecule has 100 valence electrons. The monoisotopic (exact) mass is 248 g/mol. The van der Waals surface area contributed by atoms with Crippen molar-refractivity contribution in [1.82, 2.24) is 9.55 Å². The normalized spacial score (nSPS) is 24.1. The summed E-state index contributed by atoms with van der Waals surface area (Å²) in [6.45, 7) is 5.23. The van der Waals surface area contributed by atoms with Crippen LogP contribution in [0, 0.1) is 11.8 Å². The summed E-state index contributed by atoms with van der Waals surface area (Å²) in [4.78, 5) is 16.6. The van der Waals surface area contributed by atoms with Gasteiger partial charge >= 0.3 is 0 Å². The van der Waals surface area contributed by atoms with E-state index in [1.165, 1.54) is 19.3 Å². The van der Waals surface area contributed by atoms with Crippen LogP contribution in [-0.4, -0.2) is 15.3 Å². The molecule has 0 aromatic carbocycles. The summed E-state index contributed by atoms with van der Waals surface area (Å²) >= 11 is 0. The molecule has 0 N–H and O–H groups in total. The Morgan fingerprint density at radius 2 is 2.06 bits per heavy atom. The highest BCUT2D eigenvalue weighted by Crippen LogP contribution is 2.31. The first kappa shape index (κ1) is 13.3. The average molecular weight is 248 g/mol. The number of aryl methyl sites for hydroxylation is 1. The Morgan fingerprint density at radius 1 is 1.33 bits per heavy atom. The maximum atomic E-state index is 12.3. The molecule has 1 aromatic heterocycles. The van der Waals surface area contributed by atoms with Crippen molar-refractivity contribution in [1.29, 1.82) is 0 Å². The molecule has 1 saturated carbocycles. The van der Waals surface area contributed by atoms with Crippen molar-refractivity contribution < 1.29 is 4.79 Å². The van der Waals surface area contributed by atoms with Crippen LogP contribution in [0.25, 0.3) is 0 Å². The van der Waals surface area contributed by atoms with Gasteiger partial charge in [0, 0.05) is 24.9 Å². The zero-order valence-corrected chi connectivity index (χ0v) is 11.6. The molecule has 1 aromatic rings. The SMILES string of the molecule is CCC1CCC(C(=O)Cc2nccn2CC)CC1. The Labute approximate surface area is 110 Å². The molecular weight excluding hydrogens is 224 g/mol. The van der Waals surface area contributed by atoms with E-state index in [0.29, 0.717) is 12.2 Å². The van der Waals surface area contributed by atoms with E-state index in [-0.39, 0.29) is 5.92 Å². The molecular formula is C15H24N2O. The lowest BCUT2D eigenvalue weighted by Gasteiger charge is -2.26. The molecule has 3 nitrogen and oxygen atoms in total. The average Bonchev–Trinajstić information content (AvgIpc) is 2.86. The standard InChI is InChI=1S/C15H24N2O/c1-3-12-5-7-13(8-6-12)14(18)11-15-16-9-10-17(15)4-2/h9-10,12-13H,3-8,11H2,1-2H3. The Morgan fingerprint density at radius 3 is 2.67 bits per heavy atom. The molecule has 0 saturated heterocycles. The molecule has 0 radical (unpaired) electrons. The molecule has 0 atom stereocenters. The van der Waals surface area contributed by atoms with Gasteiger partial charge in [-0.25, -0.2) is 4.98 Å². The number of carbonyl (C=O) groups excluding carboxylic acids is 1. The fourth-order valence-electron chi connectivity index (χ4n) is 2.99. The highest BCUT2D eigenvalue weighted by atomic mass is 16.1. The van der Waals surface area contributed by atoms with E-state index in [1.807, 2.05) is 6.20 Å². The maximum absolute atomic E-state index is 12.3. The van der Waals surface area contributed by atoms with Crippen LogP contribution in [0.4, 0.5) is 0 Å². The summed E-state index contributed by atoms with van der Waals surface area (Å²) in [7, 11) is 0. The Bertz CT molecular complexity index is 389. The molecule has 3 heteroatoms. The van der Waals surface area contributed by atoms with Gasteiger partial charge in [0.2, 0.25) is 0 Å². The second kappa shape index (κ2) is 6.17. The number of rotatable bonds is 5. The van der Waals surface area contributed by atoms with Crippen molar-refractivity contribution in [3.8, 4) is 0 Å². The van der Waals surface area contributed by atoms with E-state index >= 15 is 0 Å². The molecule has 0 aliphatic heterocycles. The van der Waals surface area contributed by atoms with Crippen LogP contribution < -0.4 is 0 Å². The molecule has 1 heterocycles. The predicted octanol–water partition coefficient (Wildman–Crippen LogP) is 3.23. The molecule has 0 unspecified atom stereocenters. The van der Waals surface area contributed by atoms with Gasteiger partial charge in [0.1, 0.15) is 11.6 Å². The van der Waals surface area contributed by atoms with Crippen LogP contribution >= 0.6 is 0 Å². The number of carbonyl (C=O) groups is 1. The second-order valence-corrected chi connectivity index (χ2v) is 5.40. The molecule has 0 spiro atoms. The third-order valence-corrected chi connectivity index (χ3v) is 4.35. The largest absolute Gasteiger partial charge is 0.335 e. The minimum Gasteiger partial charge on any atom is -0.335 e. The summed E-state index contributed by atoms with van der Waals surface area (Å²) in [6.07, 6.45) is 10.2. The Balaban J connectivity index is 1.89. The van der Waals surface area contributed by atoms with Gasteiger partial charge in [-0.15, -0.1) is 0 Å². The number of aromatic nitrogens is 2. The van der Waals surface area contributed by atoms with Crippen LogP contribution in [0.2, 0.25) is 0 Å². The topological polar surface area (TPSA) is 34.9 Å². The first-order chi connectivity index (χ1) is 8.74. The zero-order valence-electron chi connectivity index (χ0n) is 11.6. The van der Waals surface area contributed by atoms with E-state index in [4.69, 9.17) is 0 Å². The number of nitrogens with zero attached hydrogens (tertiary/aromatic N) is 2. The van der Waals surface area contributed by atoms with Gasteiger partial charge in [-0.1, -0.05) is 13.3 Å². The minimum absolute atomic E-state index is 0.287. The fourth-order valence-corrected chi connectivity index (χ4v) is 2.99. The number of hydrogen-bond acceptors (Lipinski definition) is 2. The van der Waals surface area contributed by atoms with Crippen LogP contribution in [0.15, 0.2) is 12.4 Å². The van der Waals surface area contributed by atoms with Crippen LogP contribution in [0.3, 0.4) is 0 Å². The van der Waals surface area contributed by atoms with E-state index in [0.717, 1.165) is 31.1 Å². The molecule has 1 aliphatic carbocycles. The van der Waals surface area contributed by atoms with Crippen molar-refractivity contribution >= 4 is 5.78 Å². The predicted molar refractivity (Wildman–Crippen MR) is 72.4 cm³/mol. The highest BCUT2D eigenvalue weighted by molar-refractivity contribution is 5.82. The van der Waals surface area contributed by atoms with Crippen molar-refractivity contribution in [3.63, 3.8) is 0 Å². The number of imidazole rings is 1. The van der Waals surface area contributed by atoms with E-state index in [9.17, 15) is 4.79 Å². The number of hydrogen-bond donors (Lipinski definition) is 0. The van der Waals surface area contributed by atoms with Gasteiger partial charge in [0.25, 0.3) is 0 Å². The van der Waals surface area contributed by atoms with Gasteiger partial charge in [-0.05, 0) is 38.5 Å². The first-order valence-corrected chi connectivity index (χ1v) is 7.27. The molecule has 0 amide bonds. The van der Waals surface area contributed by atoms with Crippen molar-refractivity contribution in [2.45, 2.75) is 58.9 Å². The molecule has 1 fully saturated rings.